The van der Waals surface area contributed by atoms with E-state index < -0.39 is 0 Å². The predicted octanol–water partition coefficient (Wildman–Crippen LogP) is 3.69. The van der Waals surface area contributed by atoms with Crippen LogP contribution in [0.15, 0.2) is 22.7 Å². The summed E-state index contributed by atoms with van der Waals surface area (Å²) in [6.07, 6.45) is 0. The minimum atomic E-state index is -0.217. The van der Waals surface area contributed by atoms with E-state index in [1.807, 2.05) is 13.8 Å². The second-order valence-electron chi connectivity index (χ2n) is 3.92. The molecule has 18 heavy (non-hydrogen) atoms. The molecule has 6 heteroatoms. The van der Waals surface area contributed by atoms with Crippen molar-refractivity contribution in [3.63, 3.8) is 0 Å². The fourth-order valence-corrected chi connectivity index (χ4v) is 2.47. The monoisotopic (exact) mass is 327 g/mol. The van der Waals surface area contributed by atoms with Crippen molar-refractivity contribution in [2.75, 3.05) is 5.32 Å². The summed E-state index contributed by atoms with van der Waals surface area (Å²) in [7, 11) is 0. The average Bonchev–Trinajstić information content (AvgIpc) is 2.59. The number of carbonyl (C=O) groups is 1. The molecule has 0 atom stereocenters. The summed E-state index contributed by atoms with van der Waals surface area (Å²) in [4.78, 5) is 12.1. The lowest BCUT2D eigenvalue weighted by atomic mass is 10.2. The Morgan fingerprint density at radius 3 is 2.67 bits per heavy atom. The van der Waals surface area contributed by atoms with E-state index in [0.29, 0.717) is 16.3 Å². The molecule has 0 fully saturated rings. The lowest BCUT2D eigenvalue weighted by Gasteiger charge is -2.06. The number of nitrogens with zero attached hydrogens (tertiary/aromatic N) is 1. The molecule has 2 N–H and O–H groups in total. The Morgan fingerprint density at radius 1 is 1.39 bits per heavy atom. The number of amides is 1. The first-order chi connectivity index (χ1) is 8.47. The summed E-state index contributed by atoms with van der Waals surface area (Å²) >= 11 is 9.22. The van der Waals surface area contributed by atoms with E-state index in [9.17, 15) is 4.79 Å². The van der Waals surface area contributed by atoms with Crippen molar-refractivity contribution in [3.05, 3.63) is 44.6 Å². The normalized spacial score (nSPS) is 10.4. The van der Waals surface area contributed by atoms with Gasteiger partial charge in [-0.25, -0.2) is 0 Å². The van der Waals surface area contributed by atoms with E-state index in [2.05, 4.69) is 31.4 Å². The summed E-state index contributed by atoms with van der Waals surface area (Å²) in [5, 5.41) is 10.2. The number of hydrogen-bond donors (Lipinski definition) is 2. The summed E-state index contributed by atoms with van der Waals surface area (Å²) in [5.41, 5.74) is 2.77. The van der Waals surface area contributed by atoms with Crippen molar-refractivity contribution in [3.8, 4) is 0 Å². The molecule has 0 unspecified atom stereocenters. The minimum Gasteiger partial charge on any atom is -0.319 e. The molecule has 0 saturated heterocycles. The molecule has 1 aromatic heterocycles. The molecular formula is C12H11BrClN3O. The van der Waals surface area contributed by atoms with Gasteiger partial charge in [-0.05, 0) is 32.0 Å². The van der Waals surface area contributed by atoms with Crippen molar-refractivity contribution < 1.29 is 4.79 Å². The molecule has 2 rings (SSSR count). The largest absolute Gasteiger partial charge is 0.319 e. The summed E-state index contributed by atoms with van der Waals surface area (Å²) in [6, 6.07) is 5.06. The second kappa shape index (κ2) is 5.12. The van der Waals surface area contributed by atoms with E-state index in [4.69, 9.17) is 11.6 Å². The number of carbonyl (C=O) groups excluding carboxylic acids is 1. The molecule has 0 saturated carbocycles. The van der Waals surface area contributed by atoms with E-state index in [1.54, 1.807) is 18.2 Å². The molecule has 1 aromatic carbocycles. The van der Waals surface area contributed by atoms with E-state index >= 15 is 0 Å². The fraction of sp³-hybridized carbons (Fsp3) is 0.167. The first-order valence-electron chi connectivity index (χ1n) is 5.26. The van der Waals surface area contributed by atoms with Crippen molar-refractivity contribution in [2.45, 2.75) is 13.8 Å². The molecule has 0 aliphatic rings. The lowest BCUT2D eigenvalue weighted by molar-refractivity contribution is 0.102. The number of aromatic amines is 1. The molecule has 1 amide bonds. The minimum absolute atomic E-state index is 0.217. The number of rotatable bonds is 2. The van der Waals surface area contributed by atoms with Crippen LogP contribution in [0, 0.1) is 13.8 Å². The number of aromatic nitrogens is 2. The van der Waals surface area contributed by atoms with Gasteiger partial charge in [0, 0.05) is 15.1 Å². The Morgan fingerprint density at radius 2 is 2.11 bits per heavy atom. The van der Waals surface area contributed by atoms with Crippen LogP contribution in [0.5, 0.6) is 0 Å². The van der Waals surface area contributed by atoms with Gasteiger partial charge in [0.15, 0.2) is 0 Å². The van der Waals surface area contributed by atoms with Gasteiger partial charge in [-0.15, -0.1) is 0 Å². The highest BCUT2D eigenvalue weighted by atomic mass is 79.9. The highest BCUT2D eigenvalue weighted by Crippen LogP contribution is 2.22. The maximum absolute atomic E-state index is 12.1. The second-order valence-corrected chi connectivity index (χ2v) is 5.27. The van der Waals surface area contributed by atoms with Crippen LogP contribution in [0.1, 0.15) is 21.7 Å². The Labute approximate surface area is 118 Å². The van der Waals surface area contributed by atoms with Crippen LogP contribution in [-0.4, -0.2) is 16.1 Å². The van der Waals surface area contributed by atoms with Gasteiger partial charge in [0.2, 0.25) is 0 Å². The molecule has 0 bridgehead atoms. The number of aryl methyl sites for hydroxylation is 2. The number of anilines is 1. The fourth-order valence-electron chi connectivity index (χ4n) is 1.61. The summed E-state index contributed by atoms with van der Waals surface area (Å²) < 4.78 is 0.765. The molecule has 94 valence electrons. The summed E-state index contributed by atoms with van der Waals surface area (Å²) in [6.45, 7) is 3.68. The molecule has 2 aromatic rings. The molecular weight excluding hydrogens is 318 g/mol. The first-order valence-corrected chi connectivity index (χ1v) is 6.43. The molecule has 0 aliphatic carbocycles. The Kier molecular flexibility index (Phi) is 3.73. The zero-order valence-electron chi connectivity index (χ0n) is 9.84. The zero-order valence-corrected chi connectivity index (χ0v) is 12.2. The Bertz CT molecular complexity index is 570. The summed E-state index contributed by atoms with van der Waals surface area (Å²) in [5.74, 6) is -0.217. The highest BCUT2D eigenvalue weighted by Gasteiger charge is 2.12. The maximum atomic E-state index is 12.1. The highest BCUT2D eigenvalue weighted by molar-refractivity contribution is 9.10. The van der Waals surface area contributed by atoms with Gasteiger partial charge >= 0.3 is 0 Å². The van der Waals surface area contributed by atoms with Gasteiger partial charge < -0.3 is 5.32 Å². The molecule has 4 nitrogen and oxygen atoms in total. The molecule has 0 radical (unpaired) electrons. The van der Waals surface area contributed by atoms with Gasteiger partial charge in [-0.2, -0.15) is 5.10 Å². The van der Waals surface area contributed by atoms with Gasteiger partial charge in [-0.1, -0.05) is 27.5 Å². The maximum Gasteiger partial charge on any atom is 0.255 e. The predicted molar refractivity (Wildman–Crippen MR) is 75.2 cm³/mol. The van der Waals surface area contributed by atoms with Crippen LogP contribution in [-0.2, 0) is 0 Å². The zero-order chi connectivity index (χ0) is 13.3. The quantitative estimate of drug-likeness (QED) is 0.883. The number of nitrogens with one attached hydrogen (secondary N) is 2. The Balaban J connectivity index is 2.27. The standard InChI is InChI=1S/C12H11BrClN3O/c1-6-11(7(2)17-16-6)15-12(18)8-3-9(13)5-10(14)4-8/h3-5H,1-2H3,(H,15,18)(H,16,17). The van der Waals surface area contributed by atoms with Crippen LogP contribution in [0.3, 0.4) is 0 Å². The van der Waals surface area contributed by atoms with Gasteiger partial charge in [0.1, 0.15) is 0 Å². The third-order valence-corrected chi connectivity index (χ3v) is 3.17. The van der Waals surface area contributed by atoms with E-state index in [-0.39, 0.29) is 5.91 Å². The van der Waals surface area contributed by atoms with Gasteiger partial charge in [0.25, 0.3) is 5.91 Å². The third-order valence-electron chi connectivity index (χ3n) is 2.49. The van der Waals surface area contributed by atoms with Crippen LogP contribution in [0.25, 0.3) is 0 Å². The number of hydrogen-bond acceptors (Lipinski definition) is 2. The topological polar surface area (TPSA) is 57.8 Å². The lowest BCUT2D eigenvalue weighted by Crippen LogP contribution is -2.13. The van der Waals surface area contributed by atoms with Crippen LogP contribution in [0.2, 0.25) is 5.02 Å². The first kappa shape index (κ1) is 13.1. The third kappa shape index (κ3) is 2.73. The average molecular weight is 329 g/mol. The van der Waals surface area contributed by atoms with Crippen molar-refractivity contribution in [1.82, 2.24) is 10.2 Å². The molecule has 0 spiro atoms. The Hall–Kier alpha value is -1.33. The van der Waals surface area contributed by atoms with E-state index in [0.717, 1.165) is 15.9 Å². The van der Waals surface area contributed by atoms with E-state index in [1.165, 1.54) is 0 Å². The van der Waals surface area contributed by atoms with Crippen LogP contribution >= 0.6 is 27.5 Å². The van der Waals surface area contributed by atoms with Gasteiger partial charge in [0.05, 0.1) is 17.1 Å². The van der Waals surface area contributed by atoms with Crippen LogP contribution < -0.4 is 5.32 Å². The SMILES string of the molecule is Cc1n[nH]c(C)c1NC(=O)c1cc(Cl)cc(Br)c1. The van der Waals surface area contributed by atoms with Crippen molar-refractivity contribution >= 4 is 39.1 Å². The van der Waals surface area contributed by atoms with Crippen molar-refractivity contribution in [1.29, 1.82) is 0 Å². The van der Waals surface area contributed by atoms with Crippen LogP contribution in [0.4, 0.5) is 5.69 Å². The van der Waals surface area contributed by atoms with Gasteiger partial charge in [-0.3, -0.25) is 9.89 Å². The number of benzene rings is 1. The molecule has 1 heterocycles. The van der Waals surface area contributed by atoms with Crippen molar-refractivity contribution in [2.24, 2.45) is 0 Å². The number of H-pyrrole nitrogens is 1. The number of halogens is 2. The molecule has 0 aliphatic heterocycles. The smallest absolute Gasteiger partial charge is 0.255 e.